The second-order valence-electron chi connectivity index (χ2n) is 4.36. The first kappa shape index (κ1) is 11.9. The fourth-order valence-corrected chi connectivity index (χ4v) is 3.09. The predicted molar refractivity (Wildman–Crippen MR) is 65.3 cm³/mol. The molecule has 2 rings (SSSR count). The molecule has 1 aromatic rings. The number of thioether (sulfide) groups is 1. The Labute approximate surface area is 101 Å². The molecule has 1 aromatic heterocycles. The number of hydrogen-bond acceptors (Lipinski definition) is 5. The Hall–Kier alpha value is -0.550. The Morgan fingerprint density at radius 1 is 1.50 bits per heavy atom. The molecule has 5 heteroatoms. The average Bonchev–Trinajstić information content (AvgIpc) is 2.88. The van der Waals surface area contributed by atoms with Crippen LogP contribution in [0.5, 0.6) is 0 Å². The zero-order valence-corrected chi connectivity index (χ0v) is 10.8. The number of nitrogens with one attached hydrogen (secondary N) is 1. The molecule has 1 fully saturated rings. The van der Waals surface area contributed by atoms with Gasteiger partial charge in [-0.3, -0.25) is 0 Å². The molecule has 0 saturated carbocycles. The zero-order valence-electron chi connectivity index (χ0n) is 9.95. The molecule has 1 aliphatic heterocycles. The fourth-order valence-electron chi connectivity index (χ4n) is 1.86. The first-order chi connectivity index (χ1) is 7.74. The maximum Gasteiger partial charge on any atom is 0.232 e. The van der Waals surface area contributed by atoms with Crippen LogP contribution in [0.1, 0.15) is 44.9 Å². The molecular weight excluding hydrogens is 222 g/mol. The van der Waals surface area contributed by atoms with Gasteiger partial charge in [-0.2, -0.15) is 0 Å². The predicted octanol–water partition coefficient (Wildman–Crippen LogP) is 2.31. The van der Waals surface area contributed by atoms with Gasteiger partial charge in [0.05, 0.1) is 11.3 Å². The summed E-state index contributed by atoms with van der Waals surface area (Å²) in [6.45, 7) is 6.01. The molecule has 1 unspecified atom stereocenters. The Kier molecular flexibility index (Phi) is 3.86. The summed E-state index contributed by atoms with van der Waals surface area (Å²) in [5.41, 5.74) is 0. The van der Waals surface area contributed by atoms with Gasteiger partial charge in [-0.05, 0) is 38.5 Å². The van der Waals surface area contributed by atoms with Crippen LogP contribution in [0, 0.1) is 0 Å². The Balaban J connectivity index is 1.96. The highest BCUT2D eigenvalue weighted by Crippen LogP contribution is 2.45. The van der Waals surface area contributed by atoms with Crippen molar-refractivity contribution in [3.05, 3.63) is 11.8 Å². The highest BCUT2D eigenvalue weighted by atomic mass is 32.2. The summed E-state index contributed by atoms with van der Waals surface area (Å²) in [4.78, 5) is 0. The van der Waals surface area contributed by atoms with Gasteiger partial charge in [-0.15, -0.1) is 22.0 Å². The fraction of sp³-hybridized carbons (Fsp3) is 0.818. The molecule has 0 bridgehead atoms. The molecule has 90 valence electrons. The van der Waals surface area contributed by atoms with Crippen LogP contribution in [0.25, 0.3) is 0 Å². The number of rotatable bonds is 5. The van der Waals surface area contributed by atoms with Crippen LogP contribution in [0.4, 0.5) is 0 Å². The molecular formula is C11H19N3OS. The summed E-state index contributed by atoms with van der Waals surface area (Å²) >= 11 is 1.92. The minimum atomic E-state index is 0.0516. The van der Waals surface area contributed by atoms with E-state index in [4.69, 9.17) is 4.42 Å². The molecule has 0 amide bonds. The van der Waals surface area contributed by atoms with Crippen LogP contribution in [0.15, 0.2) is 4.42 Å². The molecule has 4 nitrogen and oxygen atoms in total. The zero-order chi connectivity index (χ0) is 11.4. The monoisotopic (exact) mass is 241 g/mol. The van der Waals surface area contributed by atoms with Gasteiger partial charge < -0.3 is 9.73 Å². The van der Waals surface area contributed by atoms with Gasteiger partial charge in [0.25, 0.3) is 0 Å². The quantitative estimate of drug-likeness (QED) is 0.802. The Bertz CT molecular complexity index is 334. The van der Waals surface area contributed by atoms with E-state index in [2.05, 4.69) is 29.4 Å². The van der Waals surface area contributed by atoms with Crippen molar-refractivity contribution >= 4 is 11.8 Å². The Morgan fingerprint density at radius 2 is 2.38 bits per heavy atom. The molecule has 1 aliphatic rings. The van der Waals surface area contributed by atoms with Crippen molar-refractivity contribution in [2.75, 3.05) is 12.3 Å². The summed E-state index contributed by atoms with van der Waals surface area (Å²) in [5.74, 6) is 2.70. The van der Waals surface area contributed by atoms with Gasteiger partial charge in [0.2, 0.25) is 11.8 Å². The lowest BCUT2D eigenvalue weighted by molar-refractivity contribution is 0.391. The largest absolute Gasteiger partial charge is 0.422 e. The van der Waals surface area contributed by atoms with Crippen molar-refractivity contribution in [1.82, 2.24) is 15.5 Å². The third kappa shape index (κ3) is 2.58. The second-order valence-corrected chi connectivity index (χ2v) is 5.96. The van der Waals surface area contributed by atoms with Crippen LogP contribution >= 0.6 is 11.8 Å². The topological polar surface area (TPSA) is 51.0 Å². The van der Waals surface area contributed by atoms with E-state index in [0.717, 1.165) is 25.3 Å². The normalized spacial score (nSPS) is 25.1. The first-order valence-corrected chi connectivity index (χ1v) is 6.91. The molecule has 1 saturated heterocycles. The SMILES string of the molecule is CCCNCc1nnc(C2(C)CCCS2)o1. The van der Waals surface area contributed by atoms with Crippen LogP contribution in [0.3, 0.4) is 0 Å². The summed E-state index contributed by atoms with van der Waals surface area (Å²) in [5, 5.41) is 11.5. The van der Waals surface area contributed by atoms with Crippen molar-refractivity contribution in [3.63, 3.8) is 0 Å². The molecule has 0 aromatic carbocycles. The van der Waals surface area contributed by atoms with Gasteiger partial charge in [-0.1, -0.05) is 6.92 Å². The van der Waals surface area contributed by atoms with Gasteiger partial charge in [-0.25, -0.2) is 0 Å². The molecule has 0 aliphatic carbocycles. The minimum Gasteiger partial charge on any atom is -0.422 e. The minimum absolute atomic E-state index is 0.0516. The average molecular weight is 241 g/mol. The van der Waals surface area contributed by atoms with E-state index in [0.29, 0.717) is 12.4 Å². The van der Waals surface area contributed by atoms with Crippen molar-refractivity contribution in [3.8, 4) is 0 Å². The summed E-state index contributed by atoms with van der Waals surface area (Å²) in [6, 6.07) is 0. The Morgan fingerprint density at radius 3 is 3.06 bits per heavy atom. The van der Waals surface area contributed by atoms with Crippen molar-refractivity contribution < 1.29 is 4.42 Å². The maximum atomic E-state index is 5.71. The van der Waals surface area contributed by atoms with Gasteiger partial charge in [0.1, 0.15) is 0 Å². The maximum absolute atomic E-state index is 5.71. The van der Waals surface area contributed by atoms with Crippen molar-refractivity contribution in [2.45, 2.75) is 44.4 Å². The summed E-state index contributed by atoms with van der Waals surface area (Å²) < 4.78 is 5.76. The van der Waals surface area contributed by atoms with Crippen molar-refractivity contribution in [2.24, 2.45) is 0 Å². The van der Waals surface area contributed by atoms with E-state index >= 15 is 0 Å². The van der Waals surface area contributed by atoms with E-state index in [9.17, 15) is 0 Å². The number of nitrogens with zero attached hydrogens (tertiary/aromatic N) is 2. The van der Waals surface area contributed by atoms with E-state index in [-0.39, 0.29) is 4.75 Å². The second kappa shape index (κ2) is 5.19. The molecule has 2 heterocycles. The van der Waals surface area contributed by atoms with E-state index in [1.54, 1.807) is 0 Å². The third-order valence-electron chi connectivity index (χ3n) is 2.84. The molecule has 0 radical (unpaired) electrons. The smallest absolute Gasteiger partial charge is 0.232 e. The van der Waals surface area contributed by atoms with Crippen LogP contribution in [0.2, 0.25) is 0 Å². The van der Waals surface area contributed by atoms with E-state index in [1.165, 1.54) is 12.2 Å². The lowest BCUT2D eigenvalue weighted by atomic mass is 10.1. The first-order valence-electron chi connectivity index (χ1n) is 5.92. The molecule has 0 spiro atoms. The highest BCUT2D eigenvalue weighted by molar-refractivity contribution is 8.00. The lowest BCUT2D eigenvalue weighted by Gasteiger charge is -2.16. The number of aromatic nitrogens is 2. The van der Waals surface area contributed by atoms with Gasteiger partial charge in [0, 0.05) is 0 Å². The lowest BCUT2D eigenvalue weighted by Crippen LogP contribution is -2.14. The third-order valence-corrected chi connectivity index (χ3v) is 4.35. The molecule has 1 N–H and O–H groups in total. The standard InChI is InChI=1S/C11H19N3OS/c1-3-6-12-8-9-13-14-10(15-9)11(2)5-4-7-16-11/h12H,3-8H2,1-2H3. The van der Waals surface area contributed by atoms with E-state index in [1.807, 2.05) is 11.8 Å². The molecule has 16 heavy (non-hydrogen) atoms. The summed E-state index contributed by atoms with van der Waals surface area (Å²) in [6.07, 6.45) is 3.50. The van der Waals surface area contributed by atoms with Crippen LogP contribution < -0.4 is 5.32 Å². The highest BCUT2D eigenvalue weighted by Gasteiger charge is 2.36. The van der Waals surface area contributed by atoms with Crippen molar-refractivity contribution in [1.29, 1.82) is 0 Å². The van der Waals surface area contributed by atoms with E-state index < -0.39 is 0 Å². The molecule has 1 atom stereocenters. The summed E-state index contributed by atoms with van der Waals surface area (Å²) in [7, 11) is 0. The van der Waals surface area contributed by atoms with Crippen LogP contribution in [-0.2, 0) is 11.3 Å². The van der Waals surface area contributed by atoms with Gasteiger partial charge >= 0.3 is 0 Å². The van der Waals surface area contributed by atoms with Crippen LogP contribution in [-0.4, -0.2) is 22.5 Å². The number of hydrogen-bond donors (Lipinski definition) is 1. The van der Waals surface area contributed by atoms with Gasteiger partial charge in [0.15, 0.2) is 0 Å².